The van der Waals surface area contributed by atoms with Crippen LogP contribution in [0.25, 0.3) is 0 Å². The van der Waals surface area contributed by atoms with Crippen molar-refractivity contribution >= 4 is 15.9 Å². The molecule has 0 bridgehead atoms. The van der Waals surface area contributed by atoms with Crippen LogP contribution in [0.3, 0.4) is 0 Å². The number of halogens is 3. The highest BCUT2D eigenvalue weighted by Gasteiger charge is 2.24. The third kappa shape index (κ3) is 4.63. The van der Waals surface area contributed by atoms with E-state index in [9.17, 15) is 8.78 Å². The Bertz CT molecular complexity index is 463. The van der Waals surface area contributed by atoms with Crippen LogP contribution in [0, 0.1) is 0 Å². The summed E-state index contributed by atoms with van der Waals surface area (Å²) in [7, 11) is 0. The van der Waals surface area contributed by atoms with E-state index in [1.165, 1.54) is 6.42 Å². The molecular formula is C15H21BrF2N2O. The minimum atomic E-state index is -2.81. The molecule has 6 heteroatoms. The van der Waals surface area contributed by atoms with E-state index in [-0.39, 0.29) is 5.75 Å². The second-order valence-electron chi connectivity index (χ2n) is 5.50. The second-order valence-corrected chi connectivity index (χ2v) is 6.42. The fraction of sp³-hybridized carbons (Fsp3) is 0.600. The first-order valence-electron chi connectivity index (χ1n) is 7.22. The van der Waals surface area contributed by atoms with Gasteiger partial charge in [0.05, 0.1) is 0 Å². The van der Waals surface area contributed by atoms with Gasteiger partial charge in [-0.1, -0.05) is 22.4 Å². The van der Waals surface area contributed by atoms with E-state index in [0.29, 0.717) is 18.6 Å². The molecule has 1 aliphatic rings. The minimum Gasteiger partial charge on any atom is -0.434 e. The lowest BCUT2D eigenvalue weighted by Crippen LogP contribution is -2.51. The van der Waals surface area contributed by atoms with Crippen LogP contribution in [-0.2, 0) is 6.54 Å². The van der Waals surface area contributed by atoms with Crippen molar-refractivity contribution in [3.8, 4) is 5.75 Å². The maximum atomic E-state index is 12.5. The van der Waals surface area contributed by atoms with Gasteiger partial charge in [0, 0.05) is 28.7 Å². The van der Waals surface area contributed by atoms with Gasteiger partial charge in [-0.15, -0.1) is 0 Å². The van der Waals surface area contributed by atoms with Gasteiger partial charge in [-0.2, -0.15) is 8.78 Å². The van der Waals surface area contributed by atoms with Crippen molar-refractivity contribution in [1.29, 1.82) is 0 Å². The summed E-state index contributed by atoms with van der Waals surface area (Å²) in [5.74, 6) is 0.220. The van der Waals surface area contributed by atoms with Crippen LogP contribution in [0.2, 0.25) is 0 Å². The normalized spacial score (nSPS) is 23.5. The van der Waals surface area contributed by atoms with Gasteiger partial charge in [0.1, 0.15) is 5.75 Å². The minimum absolute atomic E-state index is 0.220. The molecule has 1 heterocycles. The van der Waals surface area contributed by atoms with E-state index in [1.807, 2.05) is 6.07 Å². The summed E-state index contributed by atoms with van der Waals surface area (Å²) >= 11 is 3.37. The fourth-order valence-corrected chi connectivity index (χ4v) is 3.22. The molecule has 2 rings (SSSR count). The fourth-order valence-electron chi connectivity index (χ4n) is 2.81. The molecule has 1 fully saturated rings. The first-order chi connectivity index (χ1) is 9.97. The predicted molar refractivity (Wildman–Crippen MR) is 82.2 cm³/mol. The number of benzene rings is 1. The Morgan fingerprint density at radius 1 is 1.33 bits per heavy atom. The molecule has 0 aromatic heterocycles. The Balaban J connectivity index is 2.06. The number of ether oxygens (including phenoxy) is 1. The highest BCUT2D eigenvalue weighted by molar-refractivity contribution is 9.10. The van der Waals surface area contributed by atoms with E-state index in [0.717, 1.165) is 22.9 Å². The van der Waals surface area contributed by atoms with Crippen LogP contribution in [0.15, 0.2) is 22.7 Å². The van der Waals surface area contributed by atoms with E-state index in [2.05, 4.69) is 44.9 Å². The largest absolute Gasteiger partial charge is 0.434 e. The maximum absolute atomic E-state index is 12.5. The highest BCUT2D eigenvalue weighted by atomic mass is 79.9. The zero-order chi connectivity index (χ0) is 15.4. The van der Waals surface area contributed by atoms with Gasteiger partial charge in [0.25, 0.3) is 0 Å². The molecule has 1 aliphatic heterocycles. The maximum Gasteiger partial charge on any atom is 0.387 e. The lowest BCUT2D eigenvalue weighted by molar-refractivity contribution is -0.0508. The second kappa shape index (κ2) is 7.51. The lowest BCUT2D eigenvalue weighted by atomic mass is 10.00. The summed E-state index contributed by atoms with van der Waals surface area (Å²) in [5.41, 5.74) is 4.08. The summed E-state index contributed by atoms with van der Waals surface area (Å²) in [4.78, 5) is 0. The molecule has 118 valence electrons. The zero-order valence-electron chi connectivity index (χ0n) is 12.3. The summed E-state index contributed by atoms with van der Waals surface area (Å²) in [5, 5.41) is 2.22. The first kappa shape index (κ1) is 16.6. The number of hydrazine groups is 1. The molecular weight excluding hydrogens is 342 g/mol. The molecule has 1 aromatic carbocycles. The average molecular weight is 363 g/mol. The lowest BCUT2D eigenvalue weighted by Gasteiger charge is -2.39. The quantitative estimate of drug-likeness (QED) is 0.843. The molecule has 0 radical (unpaired) electrons. The molecule has 1 saturated heterocycles. The van der Waals surface area contributed by atoms with E-state index in [1.54, 1.807) is 12.1 Å². The van der Waals surface area contributed by atoms with Crippen molar-refractivity contribution in [3.63, 3.8) is 0 Å². The van der Waals surface area contributed by atoms with Crippen LogP contribution >= 0.6 is 15.9 Å². The van der Waals surface area contributed by atoms with E-state index in [4.69, 9.17) is 0 Å². The Kier molecular flexibility index (Phi) is 5.96. The number of rotatable bonds is 5. The monoisotopic (exact) mass is 362 g/mol. The number of piperidine rings is 1. The molecule has 2 atom stereocenters. The van der Waals surface area contributed by atoms with Gasteiger partial charge in [-0.25, -0.2) is 5.01 Å². The average Bonchev–Trinajstić information content (AvgIpc) is 2.40. The molecule has 0 saturated carbocycles. The number of nitrogens with one attached hydrogen (secondary N) is 1. The number of nitrogens with zero attached hydrogens (tertiary/aromatic N) is 1. The van der Waals surface area contributed by atoms with Crippen LogP contribution in [0.4, 0.5) is 8.78 Å². The topological polar surface area (TPSA) is 24.5 Å². The SMILES string of the molecule is CC1CCCC(C)N1NCc1cc(Br)ccc1OC(F)F. The van der Waals surface area contributed by atoms with Gasteiger partial charge in [-0.05, 0) is 44.9 Å². The molecule has 3 nitrogen and oxygen atoms in total. The van der Waals surface area contributed by atoms with Crippen LogP contribution in [0.5, 0.6) is 5.75 Å². The van der Waals surface area contributed by atoms with Crippen molar-refractivity contribution in [3.05, 3.63) is 28.2 Å². The Labute approximate surface area is 132 Å². The molecule has 0 spiro atoms. The number of alkyl halides is 2. The summed E-state index contributed by atoms with van der Waals surface area (Å²) in [6, 6.07) is 5.97. The summed E-state index contributed by atoms with van der Waals surface area (Å²) in [6.45, 7) is 2.02. The van der Waals surface area contributed by atoms with Crippen LogP contribution < -0.4 is 10.2 Å². The van der Waals surface area contributed by atoms with Crippen molar-refractivity contribution in [2.24, 2.45) is 0 Å². The number of hydrogen-bond acceptors (Lipinski definition) is 3. The van der Waals surface area contributed by atoms with Gasteiger partial charge in [0.15, 0.2) is 0 Å². The van der Waals surface area contributed by atoms with E-state index >= 15 is 0 Å². The van der Waals surface area contributed by atoms with Gasteiger partial charge in [0.2, 0.25) is 0 Å². The molecule has 2 unspecified atom stereocenters. The van der Waals surface area contributed by atoms with Gasteiger partial charge >= 0.3 is 6.61 Å². The van der Waals surface area contributed by atoms with Crippen LogP contribution in [-0.4, -0.2) is 23.7 Å². The van der Waals surface area contributed by atoms with E-state index < -0.39 is 6.61 Å². The Hall–Kier alpha value is -0.720. The third-order valence-electron chi connectivity index (χ3n) is 3.88. The summed E-state index contributed by atoms with van der Waals surface area (Å²) in [6.07, 6.45) is 3.53. The van der Waals surface area contributed by atoms with Gasteiger partial charge < -0.3 is 4.74 Å². The van der Waals surface area contributed by atoms with Crippen molar-refractivity contribution in [2.75, 3.05) is 0 Å². The predicted octanol–water partition coefficient (Wildman–Crippen LogP) is 4.32. The smallest absolute Gasteiger partial charge is 0.387 e. The van der Waals surface area contributed by atoms with Crippen LogP contribution in [0.1, 0.15) is 38.7 Å². The van der Waals surface area contributed by atoms with Crippen molar-refractivity contribution in [2.45, 2.75) is 58.3 Å². The van der Waals surface area contributed by atoms with Gasteiger partial charge in [-0.3, -0.25) is 5.43 Å². The summed E-state index contributed by atoms with van der Waals surface area (Å²) < 4.78 is 30.3. The Morgan fingerprint density at radius 2 is 2.00 bits per heavy atom. The first-order valence-corrected chi connectivity index (χ1v) is 8.01. The third-order valence-corrected chi connectivity index (χ3v) is 4.38. The number of hydrogen-bond donors (Lipinski definition) is 1. The molecule has 0 amide bonds. The zero-order valence-corrected chi connectivity index (χ0v) is 13.9. The standard InChI is InChI=1S/C15H21BrF2N2O/c1-10-4-3-5-11(2)20(10)19-9-12-8-13(16)6-7-14(12)21-15(17)18/h6-8,10-11,15,19H,3-5,9H2,1-2H3. The highest BCUT2D eigenvalue weighted by Crippen LogP contribution is 2.26. The molecule has 21 heavy (non-hydrogen) atoms. The molecule has 0 aliphatic carbocycles. The van der Waals surface area contributed by atoms with Crippen molar-refractivity contribution < 1.29 is 13.5 Å². The molecule has 1 N–H and O–H groups in total. The molecule has 1 aromatic rings. The van der Waals surface area contributed by atoms with Crippen molar-refractivity contribution in [1.82, 2.24) is 10.4 Å². The Morgan fingerprint density at radius 3 is 2.62 bits per heavy atom.